The minimum absolute atomic E-state index is 0.0601. The first-order chi connectivity index (χ1) is 19.1. The Hall–Kier alpha value is -3.67. The molecule has 0 amide bonds. The smallest absolute Gasteiger partial charge is 0.229 e. The number of nitrogens with zero attached hydrogens (tertiary/aromatic N) is 5. The van der Waals surface area contributed by atoms with Gasteiger partial charge in [0.15, 0.2) is 0 Å². The molecule has 0 spiro atoms. The largest absolute Gasteiger partial charge is 0.477 e. The second kappa shape index (κ2) is 11.6. The van der Waals surface area contributed by atoms with E-state index in [0.717, 1.165) is 37.0 Å². The molecular weight excluding hydrogens is 504 g/mol. The molecule has 0 aliphatic carbocycles. The quantitative estimate of drug-likeness (QED) is 0.350. The summed E-state index contributed by atoms with van der Waals surface area (Å²) in [6.45, 7) is 5.31. The number of fused-ring (bicyclic) bond motifs is 1. The van der Waals surface area contributed by atoms with Crippen molar-refractivity contribution < 1.29 is 18.3 Å². The van der Waals surface area contributed by atoms with Gasteiger partial charge in [-0.25, -0.2) is 18.7 Å². The zero-order valence-electron chi connectivity index (χ0n) is 21.6. The molecule has 4 aromatic rings. The van der Waals surface area contributed by atoms with Crippen molar-refractivity contribution in [2.75, 3.05) is 51.3 Å². The van der Waals surface area contributed by atoms with Gasteiger partial charge in [-0.1, -0.05) is 0 Å². The predicted molar refractivity (Wildman–Crippen MR) is 143 cm³/mol. The number of benzene rings is 1. The standard InChI is InChI=1S/C28H31F2N7O2/c29-24-14-22(15-25(30)23(24)17-36-9-11-38-12-10-36)37-8-4-20-16-33-28(35-27(20)37)34-21-3-7-32-26(13-21)39-18-19-1-5-31-6-2-19/h3-4,7-8,13-16,19,31H,1-2,5-6,9-12,17-18H2,(H,32,33,34,35). The van der Waals surface area contributed by atoms with E-state index < -0.39 is 11.6 Å². The molecule has 2 fully saturated rings. The summed E-state index contributed by atoms with van der Waals surface area (Å²) in [5, 5.41) is 7.30. The van der Waals surface area contributed by atoms with E-state index in [9.17, 15) is 0 Å². The van der Waals surface area contributed by atoms with Gasteiger partial charge in [-0.05, 0) is 56.1 Å². The molecule has 1 aromatic carbocycles. The second-order valence-electron chi connectivity index (χ2n) is 9.95. The van der Waals surface area contributed by atoms with Crippen LogP contribution < -0.4 is 15.4 Å². The Kier molecular flexibility index (Phi) is 7.62. The van der Waals surface area contributed by atoms with Crippen LogP contribution in [-0.4, -0.2) is 70.4 Å². The molecule has 0 unspecified atom stereocenters. The highest BCUT2D eigenvalue weighted by atomic mass is 19.1. The molecule has 5 heterocycles. The van der Waals surface area contributed by atoms with Gasteiger partial charge in [-0.15, -0.1) is 0 Å². The van der Waals surface area contributed by atoms with Gasteiger partial charge >= 0.3 is 0 Å². The van der Waals surface area contributed by atoms with Gasteiger partial charge in [0, 0.05) is 60.9 Å². The maximum Gasteiger partial charge on any atom is 0.229 e. The van der Waals surface area contributed by atoms with Crippen LogP contribution in [0.4, 0.5) is 20.4 Å². The van der Waals surface area contributed by atoms with Gasteiger partial charge in [-0.2, -0.15) is 4.98 Å². The maximum atomic E-state index is 15.1. The average Bonchev–Trinajstić information content (AvgIpc) is 3.38. The third-order valence-corrected chi connectivity index (χ3v) is 7.23. The van der Waals surface area contributed by atoms with Crippen molar-refractivity contribution in [2.24, 2.45) is 5.92 Å². The van der Waals surface area contributed by atoms with Gasteiger partial charge in [0.1, 0.15) is 17.3 Å². The van der Waals surface area contributed by atoms with E-state index in [-0.39, 0.29) is 12.1 Å². The maximum absolute atomic E-state index is 15.1. The zero-order chi connectivity index (χ0) is 26.6. The molecule has 39 heavy (non-hydrogen) atoms. The molecule has 0 saturated carbocycles. The summed E-state index contributed by atoms with van der Waals surface area (Å²) >= 11 is 0. The lowest BCUT2D eigenvalue weighted by atomic mass is 9.99. The van der Waals surface area contributed by atoms with Crippen molar-refractivity contribution >= 4 is 22.7 Å². The summed E-state index contributed by atoms with van der Waals surface area (Å²) in [6.07, 6.45) is 7.27. The van der Waals surface area contributed by atoms with Crippen LogP contribution in [0, 0.1) is 17.6 Å². The molecule has 2 aliphatic rings. The number of pyridine rings is 1. The monoisotopic (exact) mass is 535 g/mol. The van der Waals surface area contributed by atoms with Crippen LogP contribution in [0.25, 0.3) is 16.7 Å². The van der Waals surface area contributed by atoms with E-state index in [0.29, 0.717) is 62.0 Å². The highest BCUT2D eigenvalue weighted by molar-refractivity contribution is 5.78. The Labute approximate surface area is 225 Å². The Bertz CT molecular complexity index is 1410. The number of morpholine rings is 1. The lowest BCUT2D eigenvalue weighted by Crippen LogP contribution is -2.36. The summed E-state index contributed by atoms with van der Waals surface area (Å²) in [7, 11) is 0. The minimum Gasteiger partial charge on any atom is -0.477 e. The molecule has 2 N–H and O–H groups in total. The van der Waals surface area contributed by atoms with Gasteiger partial charge < -0.3 is 24.7 Å². The Morgan fingerprint density at radius 1 is 1.05 bits per heavy atom. The van der Waals surface area contributed by atoms with Gasteiger partial charge in [0.25, 0.3) is 0 Å². The number of hydrogen-bond donors (Lipinski definition) is 2. The number of anilines is 2. The van der Waals surface area contributed by atoms with Crippen molar-refractivity contribution in [3.63, 3.8) is 0 Å². The number of ether oxygens (including phenoxy) is 2. The molecule has 204 valence electrons. The van der Waals surface area contributed by atoms with Crippen LogP contribution in [0.5, 0.6) is 5.88 Å². The van der Waals surface area contributed by atoms with Crippen molar-refractivity contribution in [1.82, 2.24) is 29.7 Å². The van der Waals surface area contributed by atoms with Crippen LogP contribution in [0.2, 0.25) is 0 Å². The molecule has 6 rings (SSSR count). The van der Waals surface area contributed by atoms with E-state index in [1.807, 2.05) is 23.1 Å². The van der Waals surface area contributed by atoms with Crippen LogP contribution >= 0.6 is 0 Å². The van der Waals surface area contributed by atoms with Crippen molar-refractivity contribution in [3.8, 4) is 11.6 Å². The fraction of sp³-hybridized carbons (Fsp3) is 0.393. The molecule has 0 radical (unpaired) electrons. The van der Waals surface area contributed by atoms with E-state index in [1.54, 1.807) is 23.2 Å². The molecule has 9 nitrogen and oxygen atoms in total. The lowest BCUT2D eigenvalue weighted by molar-refractivity contribution is 0.0332. The van der Waals surface area contributed by atoms with Crippen LogP contribution in [0.1, 0.15) is 18.4 Å². The van der Waals surface area contributed by atoms with E-state index >= 15 is 8.78 Å². The third-order valence-electron chi connectivity index (χ3n) is 7.23. The molecule has 2 aliphatic heterocycles. The molecule has 0 atom stereocenters. The van der Waals surface area contributed by atoms with Gasteiger partial charge in [-0.3, -0.25) is 4.90 Å². The van der Waals surface area contributed by atoms with E-state index in [4.69, 9.17) is 9.47 Å². The number of hydrogen-bond acceptors (Lipinski definition) is 8. The fourth-order valence-electron chi connectivity index (χ4n) is 5.00. The van der Waals surface area contributed by atoms with Crippen molar-refractivity contribution in [2.45, 2.75) is 19.4 Å². The van der Waals surface area contributed by atoms with Crippen molar-refractivity contribution in [3.05, 3.63) is 66.1 Å². The SMILES string of the molecule is Fc1cc(-n2ccc3cnc(Nc4ccnc(OCC5CCNCC5)c4)nc32)cc(F)c1CN1CCOCC1. The summed E-state index contributed by atoms with van der Waals surface area (Å²) in [4.78, 5) is 15.3. The summed E-state index contributed by atoms with van der Waals surface area (Å²) < 4.78 is 43.1. The number of aromatic nitrogens is 4. The molecule has 0 bridgehead atoms. The van der Waals surface area contributed by atoms with Crippen molar-refractivity contribution in [1.29, 1.82) is 0 Å². The zero-order valence-corrected chi connectivity index (χ0v) is 21.6. The summed E-state index contributed by atoms with van der Waals surface area (Å²) in [5.41, 5.74) is 1.67. The molecular formula is C28H31F2N7O2. The van der Waals surface area contributed by atoms with Gasteiger partial charge in [0.2, 0.25) is 11.8 Å². The summed E-state index contributed by atoms with van der Waals surface area (Å²) in [6, 6.07) is 8.13. The summed E-state index contributed by atoms with van der Waals surface area (Å²) in [5.74, 6) is 0.236. The van der Waals surface area contributed by atoms with Crippen LogP contribution in [0.15, 0.2) is 48.9 Å². The minimum atomic E-state index is -0.584. The van der Waals surface area contributed by atoms with E-state index in [2.05, 4.69) is 25.6 Å². The first-order valence-electron chi connectivity index (χ1n) is 13.3. The fourth-order valence-corrected chi connectivity index (χ4v) is 5.00. The molecule has 2 saturated heterocycles. The highest BCUT2D eigenvalue weighted by Crippen LogP contribution is 2.26. The Balaban J connectivity index is 1.19. The predicted octanol–water partition coefficient (Wildman–Crippen LogP) is 4.05. The first-order valence-corrected chi connectivity index (χ1v) is 13.3. The highest BCUT2D eigenvalue weighted by Gasteiger charge is 2.19. The van der Waals surface area contributed by atoms with Crippen LogP contribution in [-0.2, 0) is 11.3 Å². The molecule has 3 aromatic heterocycles. The number of rotatable bonds is 8. The van der Waals surface area contributed by atoms with Crippen LogP contribution in [0.3, 0.4) is 0 Å². The average molecular weight is 536 g/mol. The van der Waals surface area contributed by atoms with Gasteiger partial charge in [0.05, 0.1) is 25.5 Å². The third kappa shape index (κ3) is 6.00. The topological polar surface area (TPSA) is 89.4 Å². The van der Waals surface area contributed by atoms with E-state index in [1.165, 1.54) is 12.1 Å². The number of halogens is 2. The lowest BCUT2D eigenvalue weighted by Gasteiger charge is -2.27. The number of piperidine rings is 1. The second-order valence-corrected chi connectivity index (χ2v) is 9.95. The first kappa shape index (κ1) is 25.6. The Morgan fingerprint density at radius 3 is 2.64 bits per heavy atom. The number of nitrogens with one attached hydrogen (secondary N) is 2. The Morgan fingerprint density at radius 2 is 1.85 bits per heavy atom. The molecule has 11 heteroatoms. The normalized spacial score (nSPS) is 17.0.